The van der Waals surface area contributed by atoms with E-state index in [0.717, 1.165) is 27.8 Å². The first kappa shape index (κ1) is 12.3. The number of nitrogens with zero attached hydrogens (tertiary/aromatic N) is 1. The highest BCUT2D eigenvalue weighted by Crippen LogP contribution is 2.28. The quantitative estimate of drug-likeness (QED) is 0.909. The van der Waals surface area contributed by atoms with Crippen molar-refractivity contribution in [3.05, 3.63) is 40.0 Å². The molecule has 0 atom stereocenters. The summed E-state index contributed by atoms with van der Waals surface area (Å²) in [4.78, 5) is 0. The Labute approximate surface area is 110 Å². The van der Waals surface area contributed by atoms with Crippen molar-refractivity contribution in [1.29, 1.82) is 0 Å². The van der Waals surface area contributed by atoms with Crippen LogP contribution in [-0.4, -0.2) is 10.2 Å². The van der Waals surface area contributed by atoms with E-state index in [-0.39, 0.29) is 0 Å². The van der Waals surface area contributed by atoms with Crippen LogP contribution >= 0.6 is 15.9 Å². The van der Waals surface area contributed by atoms with Crippen LogP contribution in [0.2, 0.25) is 0 Å². The molecule has 17 heavy (non-hydrogen) atoms. The molecular weight excluding hydrogens is 278 g/mol. The zero-order valence-corrected chi connectivity index (χ0v) is 11.4. The molecule has 2 aromatic rings. The van der Waals surface area contributed by atoms with E-state index in [4.69, 9.17) is 5.73 Å². The van der Waals surface area contributed by atoms with Crippen LogP contribution in [0.4, 0.5) is 0 Å². The van der Waals surface area contributed by atoms with E-state index in [0.29, 0.717) is 6.54 Å². The van der Waals surface area contributed by atoms with Gasteiger partial charge in [-0.1, -0.05) is 37.6 Å². The number of halogens is 1. The van der Waals surface area contributed by atoms with Crippen LogP contribution in [0, 0.1) is 0 Å². The van der Waals surface area contributed by atoms with Crippen molar-refractivity contribution in [2.75, 3.05) is 0 Å². The highest BCUT2D eigenvalue weighted by Gasteiger charge is 2.10. The number of hydrogen-bond donors (Lipinski definition) is 2. The van der Waals surface area contributed by atoms with E-state index in [9.17, 15) is 0 Å². The second kappa shape index (κ2) is 5.47. The maximum Gasteiger partial charge on any atom is 0.107 e. The van der Waals surface area contributed by atoms with Gasteiger partial charge in [-0.2, -0.15) is 5.10 Å². The van der Waals surface area contributed by atoms with Crippen molar-refractivity contribution in [2.24, 2.45) is 5.73 Å². The summed E-state index contributed by atoms with van der Waals surface area (Å²) in [5, 5.41) is 7.22. The molecule has 0 saturated carbocycles. The Hall–Kier alpha value is -1.13. The molecule has 1 aromatic carbocycles. The largest absolute Gasteiger partial charge is 0.325 e. The van der Waals surface area contributed by atoms with Gasteiger partial charge in [0.2, 0.25) is 0 Å². The lowest BCUT2D eigenvalue weighted by atomic mass is 10.1. The molecule has 3 N–H and O–H groups in total. The third-order valence-corrected chi connectivity index (χ3v) is 3.60. The first-order valence-corrected chi connectivity index (χ1v) is 6.57. The molecule has 4 heteroatoms. The Kier molecular flexibility index (Phi) is 3.97. The molecule has 0 fully saturated rings. The summed E-state index contributed by atoms with van der Waals surface area (Å²) in [7, 11) is 0. The predicted molar refractivity (Wildman–Crippen MR) is 73.6 cm³/mol. The van der Waals surface area contributed by atoms with Crippen LogP contribution in [0.3, 0.4) is 0 Å². The average Bonchev–Trinajstić information content (AvgIpc) is 2.72. The third-order valence-electron chi connectivity index (χ3n) is 2.75. The number of H-pyrrole nitrogens is 1. The highest BCUT2D eigenvalue weighted by molar-refractivity contribution is 9.10. The van der Waals surface area contributed by atoms with Gasteiger partial charge in [-0.15, -0.1) is 0 Å². The third kappa shape index (κ3) is 2.58. The van der Waals surface area contributed by atoms with Crippen LogP contribution in [0.5, 0.6) is 0 Å². The molecule has 3 nitrogen and oxygen atoms in total. The molecule has 0 aliphatic carbocycles. The molecule has 0 radical (unpaired) electrons. The van der Waals surface area contributed by atoms with Gasteiger partial charge in [0.25, 0.3) is 0 Å². The summed E-state index contributed by atoms with van der Waals surface area (Å²) in [5.74, 6) is 0. The van der Waals surface area contributed by atoms with Gasteiger partial charge in [0.15, 0.2) is 0 Å². The molecule has 90 valence electrons. The van der Waals surface area contributed by atoms with Gasteiger partial charge >= 0.3 is 0 Å². The Morgan fingerprint density at radius 1 is 1.29 bits per heavy atom. The maximum absolute atomic E-state index is 5.60. The molecule has 0 amide bonds. The van der Waals surface area contributed by atoms with Crippen LogP contribution in [-0.2, 0) is 13.0 Å². The molecule has 0 aliphatic rings. The minimum atomic E-state index is 0.460. The second-order valence-corrected chi connectivity index (χ2v) is 4.81. The van der Waals surface area contributed by atoms with E-state index in [2.05, 4.69) is 57.3 Å². The Balaban J connectivity index is 2.30. The minimum absolute atomic E-state index is 0.460. The van der Waals surface area contributed by atoms with Crippen LogP contribution in [0.25, 0.3) is 11.3 Å². The summed E-state index contributed by atoms with van der Waals surface area (Å²) in [6.07, 6.45) is 2.29. The summed E-state index contributed by atoms with van der Waals surface area (Å²) in [5.41, 5.74) is 9.92. The van der Waals surface area contributed by atoms with Crippen LogP contribution < -0.4 is 5.73 Å². The predicted octanol–water partition coefficient (Wildman–Crippen LogP) is 3.25. The van der Waals surface area contributed by atoms with Gasteiger partial charge < -0.3 is 5.73 Å². The van der Waals surface area contributed by atoms with Crippen molar-refractivity contribution >= 4 is 15.9 Å². The smallest absolute Gasteiger partial charge is 0.107 e. The lowest BCUT2D eigenvalue weighted by Crippen LogP contribution is -1.96. The zero-order valence-electron chi connectivity index (χ0n) is 9.83. The monoisotopic (exact) mass is 293 g/mol. The Morgan fingerprint density at radius 3 is 2.53 bits per heavy atom. The molecule has 2 rings (SSSR count). The standard InChI is InChI=1S/C13H16BrN3/c1-2-3-9-4-6-10(7-5-9)13-12(14)11(8-15)16-17-13/h4-7H,2-3,8,15H2,1H3,(H,16,17). The summed E-state index contributed by atoms with van der Waals surface area (Å²) in [6, 6.07) is 8.52. The molecule has 0 aliphatic heterocycles. The molecule has 0 unspecified atom stereocenters. The number of hydrogen-bond acceptors (Lipinski definition) is 2. The van der Waals surface area contributed by atoms with Crippen molar-refractivity contribution in [2.45, 2.75) is 26.3 Å². The lowest BCUT2D eigenvalue weighted by molar-refractivity contribution is 0.922. The maximum atomic E-state index is 5.60. The summed E-state index contributed by atoms with van der Waals surface area (Å²) in [6.45, 7) is 2.65. The van der Waals surface area contributed by atoms with Gasteiger partial charge in [0.05, 0.1) is 10.2 Å². The van der Waals surface area contributed by atoms with E-state index in [1.807, 2.05) is 0 Å². The number of nitrogens with one attached hydrogen (secondary N) is 1. The van der Waals surface area contributed by atoms with Crippen molar-refractivity contribution in [1.82, 2.24) is 10.2 Å². The fraction of sp³-hybridized carbons (Fsp3) is 0.308. The average molecular weight is 294 g/mol. The molecule has 0 saturated heterocycles. The lowest BCUT2D eigenvalue weighted by Gasteiger charge is -2.01. The highest BCUT2D eigenvalue weighted by atomic mass is 79.9. The normalized spacial score (nSPS) is 10.8. The van der Waals surface area contributed by atoms with E-state index >= 15 is 0 Å². The van der Waals surface area contributed by atoms with Crippen LogP contribution in [0.1, 0.15) is 24.6 Å². The number of rotatable bonds is 4. The zero-order chi connectivity index (χ0) is 12.3. The van der Waals surface area contributed by atoms with E-state index < -0.39 is 0 Å². The number of aromatic amines is 1. The van der Waals surface area contributed by atoms with Gasteiger partial charge in [0, 0.05) is 12.1 Å². The first-order chi connectivity index (χ1) is 8.26. The van der Waals surface area contributed by atoms with Crippen molar-refractivity contribution in [3.63, 3.8) is 0 Å². The number of nitrogens with two attached hydrogens (primary N) is 1. The van der Waals surface area contributed by atoms with Crippen LogP contribution in [0.15, 0.2) is 28.7 Å². The first-order valence-electron chi connectivity index (χ1n) is 5.78. The molecule has 0 bridgehead atoms. The van der Waals surface area contributed by atoms with Gasteiger partial charge in [0.1, 0.15) is 5.69 Å². The van der Waals surface area contributed by atoms with Crippen molar-refractivity contribution in [3.8, 4) is 11.3 Å². The second-order valence-electron chi connectivity index (χ2n) is 4.02. The SMILES string of the molecule is CCCc1ccc(-c2n[nH]c(CN)c2Br)cc1. The number of aryl methyl sites for hydroxylation is 1. The minimum Gasteiger partial charge on any atom is -0.325 e. The summed E-state index contributed by atoms with van der Waals surface area (Å²) >= 11 is 3.52. The summed E-state index contributed by atoms with van der Waals surface area (Å²) < 4.78 is 0.961. The molecular formula is C13H16BrN3. The Morgan fingerprint density at radius 2 is 2.00 bits per heavy atom. The van der Waals surface area contributed by atoms with E-state index in [1.165, 1.54) is 12.0 Å². The molecule has 0 spiro atoms. The fourth-order valence-corrected chi connectivity index (χ4v) is 2.38. The molecule has 1 aromatic heterocycles. The Bertz CT molecular complexity index is 488. The number of benzene rings is 1. The van der Waals surface area contributed by atoms with E-state index in [1.54, 1.807) is 0 Å². The number of aromatic nitrogens is 2. The van der Waals surface area contributed by atoms with Gasteiger partial charge in [-0.25, -0.2) is 0 Å². The van der Waals surface area contributed by atoms with Crippen molar-refractivity contribution < 1.29 is 0 Å². The topological polar surface area (TPSA) is 54.7 Å². The fourth-order valence-electron chi connectivity index (χ4n) is 1.81. The van der Waals surface area contributed by atoms with Gasteiger partial charge in [-0.3, -0.25) is 5.10 Å². The molecule has 1 heterocycles. The van der Waals surface area contributed by atoms with Gasteiger partial charge in [-0.05, 0) is 27.9 Å².